The molecule has 0 fully saturated rings. The number of benzene rings is 1. The van der Waals surface area contributed by atoms with E-state index < -0.39 is 0 Å². The molecule has 0 aliphatic rings. The second kappa shape index (κ2) is 5.69. The molecule has 110 valence electrons. The van der Waals surface area contributed by atoms with Crippen LogP contribution in [0, 0.1) is 6.92 Å². The van der Waals surface area contributed by atoms with Crippen LogP contribution in [0.15, 0.2) is 30.6 Å². The van der Waals surface area contributed by atoms with Gasteiger partial charge in [0.05, 0.1) is 0 Å². The number of aryl methyl sites for hydroxylation is 3. The quantitative estimate of drug-likeness (QED) is 0.728. The average Bonchev–Trinajstić information content (AvgIpc) is 3.00. The van der Waals surface area contributed by atoms with Crippen LogP contribution in [0.3, 0.4) is 0 Å². The molecule has 0 saturated carbocycles. The third-order valence-corrected chi connectivity index (χ3v) is 3.97. The van der Waals surface area contributed by atoms with Gasteiger partial charge in [0, 0.05) is 50.2 Å². The topological polar surface area (TPSA) is 47.7 Å². The van der Waals surface area contributed by atoms with E-state index in [1.165, 1.54) is 22.2 Å². The molecule has 0 aliphatic carbocycles. The molecule has 5 heteroatoms. The van der Waals surface area contributed by atoms with E-state index in [1.54, 1.807) is 11.0 Å². The Kier molecular flexibility index (Phi) is 3.75. The second-order valence-corrected chi connectivity index (χ2v) is 5.41. The van der Waals surface area contributed by atoms with Gasteiger partial charge in [-0.15, -0.1) is 0 Å². The maximum Gasteiger partial charge on any atom is 0.151 e. The first-order chi connectivity index (χ1) is 10.2. The van der Waals surface area contributed by atoms with Gasteiger partial charge in [-0.1, -0.05) is 18.2 Å². The summed E-state index contributed by atoms with van der Waals surface area (Å²) in [4.78, 5) is 4.24. The molecule has 1 N–H and O–H groups in total. The zero-order valence-electron chi connectivity index (χ0n) is 12.8. The largest absolute Gasteiger partial charge is 0.346 e. The molecule has 0 aliphatic heterocycles. The van der Waals surface area contributed by atoms with Crippen LogP contribution < -0.4 is 5.32 Å². The van der Waals surface area contributed by atoms with E-state index in [4.69, 9.17) is 0 Å². The van der Waals surface area contributed by atoms with Crippen molar-refractivity contribution in [2.75, 3.05) is 6.54 Å². The summed E-state index contributed by atoms with van der Waals surface area (Å²) in [6.07, 6.45) is 2.59. The number of nitrogens with one attached hydrogen (secondary N) is 1. The zero-order chi connectivity index (χ0) is 14.8. The highest BCUT2D eigenvalue weighted by molar-refractivity contribution is 5.85. The summed E-state index contributed by atoms with van der Waals surface area (Å²) in [6.45, 7) is 3.94. The first kappa shape index (κ1) is 13.8. The summed E-state index contributed by atoms with van der Waals surface area (Å²) in [5.74, 6) is 0.888. The van der Waals surface area contributed by atoms with Crippen LogP contribution in [-0.4, -0.2) is 25.9 Å². The standard InChI is InChI=1S/C16H21N5/c1-12-13-6-4-5-7-14(13)21(3)15(12)10-17-9-8-16-18-11-20(2)19-16/h4-7,11,17H,8-10H2,1-3H3. The van der Waals surface area contributed by atoms with Gasteiger partial charge in [0.2, 0.25) is 0 Å². The van der Waals surface area contributed by atoms with Gasteiger partial charge in [-0.25, -0.2) is 4.98 Å². The van der Waals surface area contributed by atoms with Crippen LogP contribution in [0.4, 0.5) is 0 Å². The lowest BCUT2D eigenvalue weighted by Crippen LogP contribution is -2.19. The van der Waals surface area contributed by atoms with E-state index in [9.17, 15) is 0 Å². The van der Waals surface area contributed by atoms with E-state index >= 15 is 0 Å². The lowest BCUT2D eigenvalue weighted by Gasteiger charge is -2.07. The number of nitrogens with zero attached hydrogens (tertiary/aromatic N) is 4. The van der Waals surface area contributed by atoms with Gasteiger partial charge in [0.1, 0.15) is 6.33 Å². The Balaban J connectivity index is 1.65. The normalized spacial score (nSPS) is 11.4. The first-order valence-corrected chi connectivity index (χ1v) is 7.25. The van der Waals surface area contributed by atoms with Crippen LogP contribution in [0.2, 0.25) is 0 Å². The van der Waals surface area contributed by atoms with E-state index in [0.717, 1.165) is 25.3 Å². The summed E-state index contributed by atoms with van der Waals surface area (Å²) in [6, 6.07) is 8.54. The maximum absolute atomic E-state index is 4.29. The Labute approximate surface area is 124 Å². The smallest absolute Gasteiger partial charge is 0.151 e. The molecule has 2 aromatic heterocycles. The predicted molar refractivity (Wildman–Crippen MR) is 84.1 cm³/mol. The second-order valence-electron chi connectivity index (χ2n) is 5.41. The van der Waals surface area contributed by atoms with Crippen molar-refractivity contribution in [1.29, 1.82) is 0 Å². The molecule has 0 saturated heterocycles. The van der Waals surface area contributed by atoms with Crippen LogP contribution in [0.5, 0.6) is 0 Å². The van der Waals surface area contributed by atoms with Gasteiger partial charge in [-0.05, 0) is 18.6 Å². The highest BCUT2D eigenvalue weighted by atomic mass is 15.3. The SMILES string of the molecule is Cc1c(CNCCc2ncn(C)n2)n(C)c2ccccc12. The minimum atomic E-state index is 0.851. The van der Waals surface area contributed by atoms with Crippen molar-refractivity contribution in [2.24, 2.45) is 14.1 Å². The monoisotopic (exact) mass is 283 g/mol. The Morgan fingerprint density at radius 1 is 1.19 bits per heavy atom. The Morgan fingerprint density at radius 3 is 2.71 bits per heavy atom. The fourth-order valence-electron chi connectivity index (χ4n) is 2.79. The van der Waals surface area contributed by atoms with Crippen molar-refractivity contribution < 1.29 is 0 Å². The third-order valence-electron chi connectivity index (χ3n) is 3.97. The molecule has 2 heterocycles. The molecule has 0 amide bonds. The van der Waals surface area contributed by atoms with Crippen LogP contribution in [-0.2, 0) is 27.1 Å². The molecule has 5 nitrogen and oxygen atoms in total. The first-order valence-electron chi connectivity index (χ1n) is 7.25. The molecule has 0 radical (unpaired) electrons. The summed E-state index contributed by atoms with van der Waals surface area (Å²) in [5, 5.41) is 9.11. The average molecular weight is 283 g/mol. The lowest BCUT2D eigenvalue weighted by molar-refractivity contribution is 0.637. The molecule has 3 rings (SSSR count). The molecular weight excluding hydrogens is 262 g/mol. The molecular formula is C16H21N5. The van der Waals surface area contributed by atoms with Gasteiger partial charge in [-0.2, -0.15) is 5.10 Å². The highest BCUT2D eigenvalue weighted by Gasteiger charge is 2.10. The fourth-order valence-corrected chi connectivity index (χ4v) is 2.79. The Hall–Kier alpha value is -2.14. The van der Waals surface area contributed by atoms with Crippen molar-refractivity contribution in [3.63, 3.8) is 0 Å². The number of fused-ring (bicyclic) bond motifs is 1. The third kappa shape index (κ3) is 2.69. The Bertz CT molecular complexity index is 714. The van der Waals surface area contributed by atoms with Gasteiger partial charge in [0.25, 0.3) is 0 Å². The van der Waals surface area contributed by atoms with Crippen LogP contribution in [0.25, 0.3) is 10.9 Å². The predicted octanol–water partition coefficient (Wildman–Crippen LogP) is 1.95. The fraction of sp³-hybridized carbons (Fsp3) is 0.375. The minimum Gasteiger partial charge on any atom is -0.346 e. The van der Waals surface area contributed by atoms with Gasteiger partial charge in [-0.3, -0.25) is 4.68 Å². The van der Waals surface area contributed by atoms with Gasteiger partial charge < -0.3 is 9.88 Å². The van der Waals surface area contributed by atoms with E-state index in [0.29, 0.717) is 0 Å². The molecule has 0 unspecified atom stereocenters. The summed E-state index contributed by atoms with van der Waals surface area (Å²) in [7, 11) is 4.02. The Morgan fingerprint density at radius 2 is 2.00 bits per heavy atom. The number of aromatic nitrogens is 4. The summed E-state index contributed by atoms with van der Waals surface area (Å²) < 4.78 is 4.01. The highest BCUT2D eigenvalue weighted by Crippen LogP contribution is 2.24. The van der Waals surface area contributed by atoms with E-state index in [2.05, 4.69) is 58.2 Å². The van der Waals surface area contributed by atoms with Gasteiger partial charge >= 0.3 is 0 Å². The zero-order valence-corrected chi connectivity index (χ0v) is 12.8. The molecule has 0 spiro atoms. The summed E-state index contributed by atoms with van der Waals surface area (Å²) in [5.41, 5.74) is 3.99. The van der Waals surface area contributed by atoms with Gasteiger partial charge in [0.15, 0.2) is 5.82 Å². The lowest BCUT2D eigenvalue weighted by atomic mass is 10.1. The van der Waals surface area contributed by atoms with Crippen LogP contribution in [0.1, 0.15) is 17.1 Å². The molecule has 21 heavy (non-hydrogen) atoms. The molecule has 3 aromatic rings. The minimum absolute atomic E-state index is 0.851. The van der Waals surface area contributed by atoms with Crippen molar-refractivity contribution in [2.45, 2.75) is 19.9 Å². The van der Waals surface area contributed by atoms with Crippen LogP contribution >= 0.6 is 0 Å². The molecule has 1 aromatic carbocycles. The number of rotatable bonds is 5. The van der Waals surface area contributed by atoms with Crippen molar-refractivity contribution >= 4 is 10.9 Å². The molecule has 0 atom stereocenters. The van der Waals surface area contributed by atoms with Crippen molar-refractivity contribution in [3.8, 4) is 0 Å². The van der Waals surface area contributed by atoms with E-state index in [1.807, 2.05) is 7.05 Å². The number of hydrogen-bond acceptors (Lipinski definition) is 3. The van der Waals surface area contributed by atoms with Crippen molar-refractivity contribution in [1.82, 2.24) is 24.6 Å². The molecule has 0 bridgehead atoms. The maximum atomic E-state index is 4.29. The number of hydrogen-bond donors (Lipinski definition) is 1. The summed E-state index contributed by atoms with van der Waals surface area (Å²) >= 11 is 0. The van der Waals surface area contributed by atoms with Crippen molar-refractivity contribution in [3.05, 3.63) is 47.7 Å². The number of para-hydroxylation sites is 1. The van der Waals surface area contributed by atoms with E-state index in [-0.39, 0.29) is 0 Å².